The highest BCUT2D eigenvalue weighted by Crippen LogP contribution is 1.88. The van der Waals surface area contributed by atoms with Crippen LogP contribution in [-0.2, 0) is 19.1 Å². The zero-order valence-corrected chi connectivity index (χ0v) is 10.4. The molecule has 0 aliphatic heterocycles. The summed E-state index contributed by atoms with van der Waals surface area (Å²) in [6.07, 6.45) is 3.15. The number of carbonyl (C=O) groups excluding carboxylic acids is 2. The van der Waals surface area contributed by atoms with Crippen LogP contribution in [0.5, 0.6) is 0 Å². The van der Waals surface area contributed by atoms with Gasteiger partial charge in [-0.2, -0.15) is 0 Å². The van der Waals surface area contributed by atoms with Gasteiger partial charge in [0, 0.05) is 6.08 Å². The predicted molar refractivity (Wildman–Crippen MR) is 64.5 cm³/mol. The third kappa shape index (κ3) is 14.2. The lowest BCUT2D eigenvalue weighted by atomic mass is 10.4. The number of aliphatic hydroxyl groups is 1. The van der Waals surface area contributed by atoms with Gasteiger partial charge in [-0.05, 0) is 19.9 Å². The number of ether oxygens (including phenoxy) is 2. The van der Waals surface area contributed by atoms with Crippen LogP contribution in [0.1, 0.15) is 26.7 Å². The summed E-state index contributed by atoms with van der Waals surface area (Å²) in [6.45, 7) is 10.7. The van der Waals surface area contributed by atoms with Crippen molar-refractivity contribution >= 4 is 11.9 Å². The SMILES string of the molecule is C=C(O)C(=O)OCC.C=CC(=O)OCCCC. The molecule has 0 heterocycles. The van der Waals surface area contributed by atoms with Gasteiger partial charge in [0.15, 0.2) is 5.76 Å². The fourth-order valence-corrected chi connectivity index (χ4v) is 0.590. The Hall–Kier alpha value is -1.78. The smallest absolute Gasteiger partial charge is 0.372 e. The molecule has 0 aromatic carbocycles. The summed E-state index contributed by atoms with van der Waals surface area (Å²) in [6, 6.07) is 0. The van der Waals surface area contributed by atoms with Gasteiger partial charge in [-0.3, -0.25) is 0 Å². The Morgan fingerprint density at radius 2 is 1.88 bits per heavy atom. The molecule has 1 N–H and O–H groups in total. The summed E-state index contributed by atoms with van der Waals surface area (Å²) >= 11 is 0. The molecular formula is C12H20O5. The third-order valence-corrected chi connectivity index (χ3v) is 1.42. The van der Waals surface area contributed by atoms with Crippen LogP contribution in [0.4, 0.5) is 0 Å². The van der Waals surface area contributed by atoms with Gasteiger partial charge in [0.25, 0.3) is 0 Å². The van der Waals surface area contributed by atoms with Crippen molar-refractivity contribution in [2.24, 2.45) is 0 Å². The van der Waals surface area contributed by atoms with Crippen molar-refractivity contribution < 1.29 is 24.2 Å². The van der Waals surface area contributed by atoms with Crippen LogP contribution in [0.3, 0.4) is 0 Å². The van der Waals surface area contributed by atoms with E-state index in [9.17, 15) is 9.59 Å². The maximum atomic E-state index is 10.3. The maximum Gasteiger partial charge on any atom is 0.372 e. The zero-order chi connectivity index (χ0) is 13.7. The number of hydrogen-bond donors (Lipinski definition) is 1. The summed E-state index contributed by atoms with van der Waals surface area (Å²) in [5.41, 5.74) is 0. The van der Waals surface area contributed by atoms with Crippen molar-refractivity contribution in [1.82, 2.24) is 0 Å². The highest BCUT2D eigenvalue weighted by atomic mass is 16.5. The third-order valence-electron chi connectivity index (χ3n) is 1.42. The molecular weight excluding hydrogens is 224 g/mol. The van der Waals surface area contributed by atoms with Crippen LogP contribution >= 0.6 is 0 Å². The number of hydrogen-bond acceptors (Lipinski definition) is 5. The number of rotatable bonds is 6. The Bertz CT molecular complexity index is 258. The molecule has 0 amide bonds. The molecule has 5 nitrogen and oxygen atoms in total. The Morgan fingerprint density at radius 3 is 2.18 bits per heavy atom. The fourth-order valence-electron chi connectivity index (χ4n) is 0.590. The maximum absolute atomic E-state index is 10.3. The van der Waals surface area contributed by atoms with E-state index >= 15 is 0 Å². The van der Waals surface area contributed by atoms with Gasteiger partial charge < -0.3 is 14.6 Å². The molecule has 0 unspecified atom stereocenters. The molecule has 0 bridgehead atoms. The van der Waals surface area contributed by atoms with E-state index in [2.05, 4.69) is 22.6 Å². The molecule has 17 heavy (non-hydrogen) atoms. The number of unbranched alkanes of at least 4 members (excludes halogenated alkanes) is 1. The topological polar surface area (TPSA) is 72.8 Å². The molecule has 0 atom stereocenters. The molecule has 0 radical (unpaired) electrons. The van der Waals surface area contributed by atoms with E-state index in [-0.39, 0.29) is 12.6 Å². The van der Waals surface area contributed by atoms with Gasteiger partial charge in [0.2, 0.25) is 0 Å². The summed E-state index contributed by atoms with van der Waals surface area (Å²) in [7, 11) is 0. The summed E-state index contributed by atoms with van der Waals surface area (Å²) < 4.78 is 8.99. The molecule has 98 valence electrons. The van der Waals surface area contributed by atoms with Crippen LogP contribution in [-0.4, -0.2) is 30.3 Å². The molecule has 0 saturated heterocycles. The Morgan fingerprint density at radius 1 is 1.29 bits per heavy atom. The molecule has 0 saturated carbocycles. The monoisotopic (exact) mass is 244 g/mol. The van der Waals surface area contributed by atoms with Gasteiger partial charge in [0.1, 0.15) is 0 Å². The van der Waals surface area contributed by atoms with Crippen molar-refractivity contribution in [3.63, 3.8) is 0 Å². The van der Waals surface area contributed by atoms with E-state index in [1.54, 1.807) is 6.92 Å². The lowest BCUT2D eigenvalue weighted by Crippen LogP contribution is -2.05. The minimum absolute atomic E-state index is 0.262. The first-order chi connectivity index (χ1) is 7.99. The molecule has 0 aromatic rings. The van der Waals surface area contributed by atoms with Crippen LogP contribution < -0.4 is 0 Å². The standard InChI is InChI=1S/C7H12O2.C5H8O3/c1-3-5-6-9-7(8)4-2;1-3-8-5(7)4(2)6/h4H,2-3,5-6H2,1H3;6H,2-3H2,1H3. The van der Waals surface area contributed by atoms with Crippen molar-refractivity contribution in [1.29, 1.82) is 0 Å². The zero-order valence-electron chi connectivity index (χ0n) is 10.4. The minimum Gasteiger partial charge on any atom is -0.502 e. The lowest BCUT2D eigenvalue weighted by molar-refractivity contribution is -0.141. The molecule has 0 spiro atoms. The number of esters is 2. The van der Waals surface area contributed by atoms with E-state index in [1.165, 1.54) is 6.08 Å². The van der Waals surface area contributed by atoms with E-state index in [0.717, 1.165) is 12.8 Å². The Balaban J connectivity index is 0. The normalized spacial score (nSPS) is 8.35. The van der Waals surface area contributed by atoms with E-state index in [4.69, 9.17) is 5.11 Å². The first kappa shape index (κ1) is 17.6. The van der Waals surface area contributed by atoms with Gasteiger partial charge in [-0.1, -0.05) is 19.9 Å². The Labute approximate surface area is 102 Å². The van der Waals surface area contributed by atoms with E-state index in [1.807, 2.05) is 6.92 Å². The summed E-state index contributed by atoms with van der Waals surface area (Å²) in [4.78, 5) is 20.5. The predicted octanol–water partition coefficient (Wildman–Crippen LogP) is 2.14. The average Bonchev–Trinajstić information content (AvgIpc) is 2.30. The molecule has 0 aliphatic carbocycles. The summed E-state index contributed by atoms with van der Waals surface area (Å²) in [5, 5.41) is 8.28. The van der Waals surface area contributed by atoms with Gasteiger partial charge >= 0.3 is 11.9 Å². The molecule has 5 heteroatoms. The van der Waals surface area contributed by atoms with Crippen LogP contribution in [0, 0.1) is 0 Å². The Kier molecular flexibility index (Phi) is 12.7. The quantitative estimate of drug-likeness (QED) is 0.335. The second kappa shape index (κ2) is 12.3. The van der Waals surface area contributed by atoms with E-state index in [0.29, 0.717) is 6.61 Å². The molecule has 0 rings (SSSR count). The second-order valence-electron chi connectivity index (χ2n) is 2.89. The fraction of sp³-hybridized carbons (Fsp3) is 0.500. The average molecular weight is 244 g/mol. The van der Waals surface area contributed by atoms with Gasteiger partial charge in [-0.25, -0.2) is 9.59 Å². The van der Waals surface area contributed by atoms with Crippen molar-refractivity contribution in [3.05, 3.63) is 25.0 Å². The minimum atomic E-state index is -0.757. The van der Waals surface area contributed by atoms with E-state index < -0.39 is 11.7 Å². The largest absolute Gasteiger partial charge is 0.502 e. The highest BCUT2D eigenvalue weighted by Gasteiger charge is 2.01. The van der Waals surface area contributed by atoms with Crippen molar-refractivity contribution in [2.75, 3.05) is 13.2 Å². The van der Waals surface area contributed by atoms with Gasteiger partial charge in [0.05, 0.1) is 13.2 Å². The van der Waals surface area contributed by atoms with Crippen LogP contribution in [0.25, 0.3) is 0 Å². The molecule has 0 aliphatic rings. The molecule has 0 fully saturated rings. The first-order valence-electron chi connectivity index (χ1n) is 5.33. The summed E-state index contributed by atoms with van der Waals surface area (Å²) in [5.74, 6) is -1.64. The van der Waals surface area contributed by atoms with Crippen LogP contribution in [0.15, 0.2) is 25.0 Å². The second-order valence-corrected chi connectivity index (χ2v) is 2.89. The van der Waals surface area contributed by atoms with Crippen molar-refractivity contribution in [2.45, 2.75) is 26.7 Å². The van der Waals surface area contributed by atoms with Gasteiger partial charge in [-0.15, -0.1) is 0 Å². The first-order valence-corrected chi connectivity index (χ1v) is 5.33. The molecule has 0 aromatic heterocycles. The van der Waals surface area contributed by atoms with Crippen molar-refractivity contribution in [3.8, 4) is 0 Å². The van der Waals surface area contributed by atoms with Crippen LogP contribution in [0.2, 0.25) is 0 Å². The number of aliphatic hydroxyl groups excluding tert-OH is 1. The number of carbonyl (C=O) groups is 2. The lowest BCUT2D eigenvalue weighted by Gasteiger charge is -1.97. The highest BCUT2D eigenvalue weighted by molar-refractivity contribution is 5.84.